The van der Waals surface area contributed by atoms with Gasteiger partial charge >= 0.3 is 0 Å². The van der Waals surface area contributed by atoms with Crippen molar-refractivity contribution in [1.29, 1.82) is 0 Å². The predicted molar refractivity (Wildman–Crippen MR) is 70.7 cm³/mol. The molecule has 0 bridgehead atoms. The fraction of sp³-hybridized carbons (Fsp3) is 0.538. The maximum Gasteiger partial charge on any atom is 0.0597 e. The molecular weight excluding hydrogens is 240 g/mol. The Morgan fingerprint density at radius 1 is 1.31 bits per heavy atom. The SMILES string of the molecule is CC(C)Sc1ccc(C2(CCl)COC2)cc1. The van der Waals surface area contributed by atoms with Gasteiger partial charge in [0.2, 0.25) is 0 Å². The van der Waals surface area contributed by atoms with Crippen molar-refractivity contribution in [1.82, 2.24) is 0 Å². The lowest BCUT2D eigenvalue weighted by Gasteiger charge is -2.40. The molecule has 1 aromatic carbocycles. The van der Waals surface area contributed by atoms with E-state index in [2.05, 4.69) is 38.1 Å². The first-order valence-corrected chi connectivity index (χ1v) is 6.99. The van der Waals surface area contributed by atoms with E-state index in [-0.39, 0.29) is 5.41 Å². The van der Waals surface area contributed by atoms with Crippen molar-refractivity contribution in [3.8, 4) is 0 Å². The van der Waals surface area contributed by atoms with Crippen LogP contribution in [0.4, 0.5) is 0 Å². The molecule has 0 saturated carbocycles. The zero-order valence-corrected chi connectivity index (χ0v) is 11.3. The van der Waals surface area contributed by atoms with Gasteiger partial charge in [-0.1, -0.05) is 26.0 Å². The molecule has 2 rings (SSSR count). The molecular formula is C13H17ClOS. The highest BCUT2D eigenvalue weighted by molar-refractivity contribution is 7.99. The van der Waals surface area contributed by atoms with Crippen LogP contribution in [-0.2, 0) is 10.2 Å². The standard InChI is InChI=1S/C13H17ClOS/c1-10(2)16-12-5-3-11(4-6-12)13(7-14)8-15-9-13/h3-6,10H,7-9H2,1-2H3. The summed E-state index contributed by atoms with van der Waals surface area (Å²) >= 11 is 7.92. The van der Waals surface area contributed by atoms with Crippen molar-refractivity contribution in [2.75, 3.05) is 19.1 Å². The van der Waals surface area contributed by atoms with E-state index >= 15 is 0 Å². The normalized spacial score (nSPS) is 18.5. The molecule has 1 fully saturated rings. The van der Waals surface area contributed by atoms with Gasteiger partial charge in [0.1, 0.15) is 0 Å². The minimum absolute atomic E-state index is 0.0720. The zero-order valence-electron chi connectivity index (χ0n) is 9.70. The number of hydrogen-bond acceptors (Lipinski definition) is 2. The summed E-state index contributed by atoms with van der Waals surface area (Å²) in [5, 5.41) is 0.625. The number of halogens is 1. The smallest absolute Gasteiger partial charge is 0.0597 e. The van der Waals surface area contributed by atoms with Gasteiger partial charge in [0.25, 0.3) is 0 Å². The summed E-state index contributed by atoms with van der Waals surface area (Å²) in [6, 6.07) is 8.75. The largest absolute Gasteiger partial charge is 0.379 e. The van der Waals surface area contributed by atoms with Crippen LogP contribution >= 0.6 is 23.4 Å². The molecule has 1 heterocycles. The van der Waals surface area contributed by atoms with Crippen LogP contribution in [0.5, 0.6) is 0 Å². The van der Waals surface area contributed by atoms with Crippen molar-refractivity contribution in [2.45, 2.75) is 29.4 Å². The Hall–Kier alpha value is -0.180. The number of thioether (sulfide) groups is 1. The molecule has 0 aromatic heterocycles. The van der Waals surface area contributed by atoms with Crippen LogP contribution in [0.3, 0.4) is 0 Å². The molecule has 1 aliphatic rings. The summed E-state index contributed by atoms with van der Waals surface area (Å²) in [4.78, 5) is 1.32. The molecule has 0 spiro atoms. The van der Waals surface area contributed by atoms with Gasteiger partial charge < -0.3 is 4.74 Å². The van der Waals surface area contributed by atoms with Gasteiger partial charge in [-0.2, -0.15) is 0 Å². The molecule has 0 N–H and O–H groups in total. The monoisotopic (exact) mass is 256 g/mol. The first-order chi connectivity index (χ1) is 7.66. The molecule has 1 aromatic rings. The molecule has 16 heavy (non-hydrogen) atoms. The van der Waals surface area contributed by atoms with E-state index in [1.54, 1.807) is 0 Å². The van der Waals surface area contributed by atoms with Crippen molar-refractivity contribution >= 4 is 23.4 Å². The van der Waals surface area contributed by atoms with Crippen molar-refractivity contribution in [3.05, 3.63) is 29.8 Å². The second-order valence-corrected chi connectivity index (χ2v) is 6.51. The highest BCUT2D eigenvalue weighted by Crippen LogP contribution is 2.34. The Labute approximate surface area is 107 Å². The van der Waals surface area contributed by atoms with Gasteiger partial charge in [-0.3, -0.25) is 0 Å². The van der Waals surface area contributed by atoms with Crippen molar-refractivity contribution in [3.63, 3.8) is 0 Å². The van der Waals surface area contributed by atoms with Crippen LogP contribution in [0.1, 0.15) is 19.4 Å². The van der Waals surface area contributed by atoms with E-state index in [0.717, 1.165) is 13.2 Å². The first-order valence-electron chi connectivity index (χ1n) is 5.57. The molecule has 0 atom stereocenters. The molecule has 0 aliphatic carbocycles. The summed E-state index contributed by atoms with van der Waals surface area (Å²) < 4.78 is 5.29. The van der Waals surface area contributed by atoms with Gasteiger partial charge in [0.05, 0.1) is 18.6 Å². The third-order valence-electron chi connectivity index (χ3n) is 2.85. The second kappa shape index (κ2) is 4.99. The lowest BCUT2D eigenvalue weighted by Crippen LogP contribution is -2.48. The first kappa shape index (κ1) is 12.3. The van der Waals surface area contributed by atoms with Gasteiger partial charge in [-0.15, -0.1) is 23.4 Å². The maximum absolute atomic E-state index is 6.03. The average Bonchev–Trinajstić information content (AvgIpc) is 2.19. The van der Waals surface area contributed by atoms with Crippen molar-refractivity contribution < 1.29 is 4.74 Å². The second-order valence-electron chi connectivity index (χ2n) is 4.60. The third kappa shape index (κ3) is 2.39. The van der Waals surface area contributed by atoms with E-state index in [9.17, 15) is 0 Å². The number of ether oxygens (including phenoxy) is 1. The fourth-order valence-electron chi connectivity index (χ4n) is 1.83. The molecule has 0 amide bonds. The van der Waals surface area contributed by atoms with Gasteiger partial charge in [-0.25, -0.2) is 0 Å². The van der Waals surface area contributed by atoms with Crippen LogP contribution in [0.15, 0.2) is 29.2 Å². The van der Waals surface area contributed by atoms with E-state index in [1.807, 2.05) is 11.8 Å². The number of benzene rings is 1. The van der Waals surface area contributed by atoms with Crippen LogP contribution < -0.4 is 0 Å². The van der Waals surface area contributed by atoms with E-state index < -0.39 is 0 Å². The zero-order chi connectivity index (χ0) is 11.6. The van der Waals surface area contributed by atoms with Crippen LogP contribution in [0.2, 0.25) is 0 Å². The summed E-state index contributed by atoms with van der Waals surface area (Å²) in [6.07, 6.45) is 0. The molecule has 1 saturated heterocycles. The lowest BCUT2D eigenvalue weighted by atomic mass is 9.81. The quantitative estimate of drug-likeness (QED) is 0.600. The highest BCUT2D eigenvalue weighted by Gasteiger charge is 2.39. The van der Waals surface area contributed by atoms with Gasteiger partial charge in [0, 0.05) is 16.0 Å². The Bertz CT molecular complexity index is 338. The molecule has 0 radical (unpaired) electrons. The van der Waals surface area contributed by atoms with Crippen LogP contribution in [0, 0.1) is 0 Å². The minimum Gasteiger partial charge on any atom is -0.379 e. The number of alkyl halides is 1. The summed E-state index contributed by atoms with van der Waals surface area (Å²) in [5.41, 5.74) is 1.38. The molecule has 88 valence electrons. The van der Waals surface area contributed by atoms with Crippen molar-refractivity contribution in [2.24, 2.45) is 0 Å². The third-order valence-corrected chi connectivity index (χ3v) is 4.38. The van der Waals surface area contributed by atoms with Gasteiger partial charge in [0.15, 0.2) is 0 Å². The summed E-state index contributed by atoms with van der Waals surface area (Å²) in [6.45, 7) is 5.93. The summed E-state index contributed by atoms with van der Waals surface area (Å²) in [7, 11) is 0. The topological polar surface area (TPSA) is 9.23 Å². The van der Waals surface area contributed by atoms with E-state index in [4.69, 9.17) is 16.3 Å². The fourth-order valence-corrected chi connectivity index (χ4v) is 2.97. The minimum atomic E-state index is 0.0720. The molecule has 3 heteroatoms. The van der Waals surface area contributed by atoms with Gasteiger partial charge in [-0.05, 0) is 17.7 Å². The molecule has 1 nitrogen and oxygen atoms in total. The Morgan fingerprint density at radius 3 is 2.31 bits per heavy atom. The molecule has 0 unspecified atom stereocenters. The Balaban J connectivity index is 2.12. The predicted octanol–water partition coefficient (Wildman–Crippen LogP) is 3.69. The van der Waals surface area contributed by atoms with E-state index in [1.165, 1.54) is 10.5 Å². The number of hydrogen-bond donors (Lipinski definition) is 0. The van der Waals surface area contributed by atoms with E-state index in [0.29, 0.717) is 11.1 Å². The maximum atomic E-state index is 6.03. The lowest BCUT2D eigenvalue weighted by molar-refractivity contribution is -0.0480. The highest BCUT2D eigenvalue weighted by atomic mass is 35.5. The van der Waals surface area contributed by atoms with Crippen LogP contribution in [0.25, 0.3) is 0 Å². The Kier molecular flexibility index (Phi) is 3.83. The number of rotatable bonds is 4. The molecule has 1 aliphatic heterocycles. The Morgan fingerprint density at radius 2 is 1.94 bits per heavy atom. The summed E-state index contributed by atoms with van der Waals surface area (Å²) in [5.74, 6) is 0.643. The van der Waals surface area contributed by atoms with Crippen LogP contribution in [-0.4, -0.2) is 24.3 Å². The average molecular weight is 257 g/mol.